The van der Waals surface area contributed by atoms with Crippen molar-refractivity contribution in [3.8, 4) is 11.1 Å². The van der Waals surface area contributed by atoms with E-state index in [4.69, 9.17) is 5.73 Å². The van der Waals surface area contributed by atoms with E-state index in [1.54, 1.807) is 35.2 Å². The molecule has 0 radical (unpaired) electrons. The van der Waals surface area contributed by atoms with Crippen molar-refractivity contribution in [3.63, 3.8) is 0 Å². The lowest BCUT2D eigenvalue weighted by Gasteiger charge is -2.12. The summed E-state index contributed by atoms with van der Waals surface area (Å²) < 4.78 is 40.7. The van der Waals surface area contributed by atoms with Crippen LogP contribution in [0.4, 0.5) is 4.39 Å². The molecule has 0 atom stereocenters. The number of sulfonamides is 1. The van der Waals surface area contributed by atoms with Gasteiger partial charge in [-0.1, -0.05) is 12.1 Å². The van der Waals surface area contributed by atoms with Crippen molar-refractivity contribution in [2.24, 2.45) is 5.73 Å². The second-order valence-electron chi connectivity index (χ2n) is 5.27. The van der Waals surface area contributed by atoms with Crippen LogP contribution in [0.3, 0.4) is 0 Å². The van der Waals surface area contributed by atoms with Crippen molar-refractivity contribution in [2.45, 2.75) is 11.4 Å². The average Bonchev–Trinajstić information content (AvgIpc) is 2.96. The zero-order chi connectivity index (χ0) is 17.0. The maximum atomic E-state index is 13.5. The van der Waals surface area contributed by atoms with E-state index in [2.05, 4.69) is 0 Å². The van der Waals surface area contributed by atoms with Crippen molar-refractivity contribution in [3.05, 3.63) is 54.6 Å². The van der Waals surface area contributed by atoms with E-state index in [1.807, 2.05) is 12.1 Å². The van der Waals surface area contributed by atoms with Gasteiger partial charge in [0.1, 0.15) is 5.83 Å². The lowest BCUT2D eigenvalue weighted by atomic mass is 10.1. The molecule has 1 aromatic carbocycles. The lowest BCUT2D eigenvalue weighted by molar-refractivity contribution is 0.521. The number of halogens is 1. The van der Waals surface area contributed by atoms with E-state index in [0.717, 1.165) is 11.1 Å². The summed E-state index contributed by atoms with van der Waals surface area (Å²) in [6.07, 6.45) is 4.83. The highest BCUT2D eigenvalue weighted by Crippen LogP contribution is 2.24. The van der Waals surface area contributed by atoms with Gasteiger partial charge in [0, 0.05) is 33.0 Å². The monoisotopic (exact) mass is 337 g/mol. The predicted molar refractivity (Wildman–Crippen MR) is 89.0 cm³/mol. The summed E-state index contributed by atoms with van der Waals surface area (Å²) in [5.41, 5.74) is 6.85. The third-order valence-electron chi connectivity index (χ3n) is 3.37. The second kappa shape index (κ2) is 7.08. The maximum absolute atomic E-state index is 13.5. The number of hydrogen-bond donors (Lipinski definition) is 1. The normalized spacial score (nSPS) is 12.8. The molecule has 0 aliphatic rings. The Morgan fingerprint density at radius 1 is 1.30 bits per heavy atom. The van der Waals surface area contributed by atoms with Gasteiger partial charge in [0.2, 0.25) is 10.0 Å². The summed E-state index contributed by atoms with van der Waals surface area (Å²) in [5, 5.41) is 0. The molecule has 0 fully saturated rings. The van der Waals surface area contributed by atoms with Crippen LogP contribution in [-0.2, 0) is 16.6 Å². The van der Waals surface area contributed by atoms with Crippen LogP contribution in [0.1, 0.15) is 0 Å². The highest BCUT2D eigenvalue weighted by Gasteiger charge is 2.17. The van der Waals surface area contributed by atoms with Gasteiger partial charge in [-0.25, -0.2) is 17.1 Å². The number of nitrogens with two attached hydrogens (primary N) is 1. The second-order valence-corrected chi connectivity index (χ2v) is 7.43. The Kier molecular flexibility index (Phi) is 5.35. The fourth-order valence-corrected chi connectivity index (χ4v) is 3.07. The molecule has 0 saturated heterocycles. The molecule has 0 amide bonds. The molecular weight excluding hydrogens is 317 g/mol. The van der Waals surface area contributed by atoms with E-state index in [1.165, 1.54) is 24.5 Å². The smallest absolute Gasteiger partial charge is 0.242 e. The summed E-state index contributed by atoms with van der Waals surface area (Å²) in [7, 11) is -0.501. The number of nitrogens with zero attached hydrogens (tertiary/aromatic N) is 2. The van der Waals surface area contributed by atoms with Crippen LogP contribution in [0.25, 0.3) is 11.1 Å². The summed E-state index contributed by atoms with van der Waals surface area (Å²) in [5.74, 6) is -0.307. The summed E-state index contributed by atoms with van der Waals surface area (Å²) in [4.78, 5) is 0.224. The van der Waals surface area contributed by atoms with E-state index < -0.39 is 10.0 Å². The SMILES string of the molecule is CN(C)S(=O)(=O)c1cccc(-c2ccn(C/C(F)=C/CN)c2)c1. The van der Waals surface area contributed by atoms with E-state index in [0.29, 0.717) is 0 Å². The quantitative estimate of drug-likeness (QED) is 0.879. The Balaban J connectivity index is 2.30. The molecule has 1 heterocycles. The van der Waals surface area contributed by atoms with Crippen LogP contribution in [0.5, 0.6) is 0 Å². The van der Waals surface area contributed by atoms with Crippen LogP contribution >= 0.6 is 0 Å². The van der Waals surface area contributed by atoms with Gasteiger partial charge in [0.15, 0.2) is 0 Å². The Labute approximate surface area is 135 Å². The molecule has 0 aliphatic carbocycles. The third-order valence-corrected chi connectivity index (χ3v) is 5.18. The summed E-state index contributed by atoms with van der Waals surface area (Å²) >= 11 is 0. The molecular formula is C16H20FN3O2S. The van der Waals surface area contributed by atoms with Crippen molar-refractivity contribution in [1.82, 2.24) is 8.87 Å². The van der Waals surface area contributed by atoms with Gasteiger partial charge in [0.25, 0.3) is 0 Å². The van der Waals surface area contributed by atoms with E-state index >= 15 is 0 Å². The molecule has 0 aliphatic heterocycles. The van der Waals surface area contributed by atoms with Crippen LogP contribution in [0.2, 0.25) is 0 Å². The highest BCUT2D eigenvalue weighted by atomic mass is 32.2. The van der Waals surface area contributed by atoms with Crippen LogP contribution < -0.4 is 5.73 Å². The first kappa shape index (κ1) is 17.4. The minimum Gasteiger partial charge on any atom is -0.347 e. The molecule has 2 aromatic rings. The minimum atomic E-state index is -3.48. The van der Waals surface area contributed by atoms with E-state index in [-0.39, 0.29) is 23.8 Å². The van der Waals surface area contributed by atoms with Crippen molar-refractivity contribution in [1.29, 1.82) is 0 Å². The van der Waals surface area contributed by atoms with Gasteiger partial charge in [-0.2, -0.15) is 0 Å². The fourth-order valence-electron chi connectivity index (χ4n) is 2.12. The van der Waals surface area contributed by atoms with Gasteiger partial charge < -0.3 is 10.3 Å². The zero-order valence-corrected chi connectivity index (χ0v) is 13.9. The lowest BCUT2D eigenvalue weighted by Crippen LogP contribution is -2.22. The Morgan fingerprint density at radius 3 is 2.70 bits per heavy atom. The van der Waals surface area contributed by atoms with Gasteiger partial charge in [-0.15, -0.1) is 0 Å². The summed E-state index contributed by atoms with van der Waals surface area (Å²) in [6.45, 7) is 0.261. The molecule has 5 nitrogen and oxygen atoms in total. The Morgan fingerprint density at radius 2 is 2.04 bits per heavy atom. The third kappa shape index (κ3) is 4.07. The maximum Gasteiger partial charge on any atom is 0.242 e. The molecule has 0 spiro atoms. The number of allylic oxidation sites excluding steroid dienone is 1. The molecule has 124 valence electrons. The first-order valence-corrected chi connectivity index (χ1v) is 8.52. The fraction of sp³-hybridized carbons (Fsp3) is 0.250. The first-order valence-electron chi connectivity index (χ1n) is 7.08. The van der Waals surface area contributed by atoms with Crippen molar-refractivity contribution in [2.75, 3.05) is 20.6 Å². The molecule has 0 saturated carbocycles. The topological polar surface area (TPSA) is 68.3 Å². The van der Waals surface area contributed by atoms with Gasteiger partial charge in [-0.3, -0.25) is 0 Å². The molecule has 1 aromatic heterocycles. The van der Waals surface area contributed by atoms with Gasteiger partial charge in [-0.05, 0) is 35.4 Å². The standard InChI is InChI=1S/C16H20FN3O2S/c1-19(2)23(21,22)16-5-3-4-13(10-16)14-7-9-20(11-14)12-15(17)6-8-18/h3-7,9-11H,8,12,18H2,1-2H3/b15-6-. The molecule has 0 bridgehead atoms. The average molecular weight is 337 g/mol. The molecule has 2 N–H and O–H groups in total. The predicted octanol–water partition coefficient (Wildman–Crippen LogP) is 2.22. The molecule has 0 unspecified atom stereocenters. The first-order chi connectivity index (χ1) is 10.8. The highest BCUT2D eigenvalue weighted by molar-refractivity contribution is 7.89. The number of rotatable bonds is 6. The van der Waals surface area contributed by atoms with Crippen molar-refractivity contribution < 1.29 is 12.8 Å². The minimum absolute atomic E-state index is 0.104. The van der Waals surface area contributed by atoms with E-state index in [9.17, 15) is 12.8 Å². The number of hydrogen-bond acceptors (Lipinski definition) is 3. The van der Waals surface area contributed by atoms with Crippen LogP contribution in [-0.4, -0.2) is 37.9 Å². The van der Waals surface area contributed by atoms with Gasteiger partial charge >= 0.3 is 0 Å². The number of aromatic nitrogens is 1. The zero-order valence-electron chi connectivity index (χ0n) is 13.1. The Hall–Kier alpha value is -1.96. The molecule has 2 rings (SSSR count). The molecule has 23 heavy (non-hydrogen) atoms. The number of benzene rings is 1. The van der Waals surface area contributed by atoms with Crippen LogP contribution in [0.15, 0.2) is 59.5 Å². The van der Waals surface area contributed by atoms with Crippen molar-refractivity contribution >= 4 is 10.0 Å². The Bertz CT molecular complexity index is 810. The largest absolute Gasteiger partial charge is 0.347 e. The van der Waals surface area contributed by atoms with Gasteiger partial charge in [0.05, 0.1) is 11.4 Å². The summed E-state index contributed by atoms with van der Waals surface area (Å²) in [6, 6.07) is 8.50. The van der Waals surface area contributed by atoms with Crippen LogP contribution in [0, 0.1) is 0 Å². The molecule has 7 heteroatoms.